The van der Waals surface area contributed by atoms with Crippen molar-refractivity contribution < 1.29 is 28.8 Å². The van der Waals surface area contributed by atoms with Crippen molar-refractivity contribution in [3.05, 3.63) is 58.1 Å². The van der Waals surface area contributed by atoms with Crippen LogP contribution in [0.3, 0.4) is 0 Å². The van der Waals surface area contributed by atoms with Crippen molar-refractivity contribution in [3.63, 3.8) is 0 Å². The Morgan fingerprint density at radius 3 is 2.34 bits per heavy atom. The topological polar surface area (TPSA) is 163 Å². The van der Waals surface area contributed by atoms with Crippen LogP contribution in [-0.2, 0) is 21.0 Å². The fraction of sp³-hybridized carbons (Fsp3) is 0.300. The molecule has 12 heteroatoms. The van der Waals surface area contributed by atoms with Gasteiger partial charge in [0.05, 0.1) is 4.92 Å². The maximum Gasteiger partial charge on any atom is 0.514 e. The predicted molar refractivity (Wildman–Crippen MR) is 114 cm³/mol. The van der Waals surface area contributed by atoms with E-state index in [0.29, 0.717) is 37.4 Å². The molecule has 0 aromatic heterocycles. The van der Waals surface area contributed by atoms with Crippen LogP contribution in [-0.4, -0.2) is 54.7 Å². The number of nitro groups is 1. The van der Waals surface area contributed by atoms with Crippen molar-refractivity contribution in [2.75, 3.05) is 43.4 Å². The van der Waals surface area contributed by atoms with E-state index < -0.39 is 11.1 Å². The average Bonchev–Trinajstić information content (AvgIpc) is 2.79. The Kier molecular flexibility index (Phi) is 7.41. The lowest BCUT2D eigenvalue weighted by Gasteiger charge is -2.36. The van der Waals surface area contributed by atoms with Crippen molar-refractivity contribution in [1.29, 1.82) is 0 Å². The summed E-state index contributed by atoms with van der Waals surface area (Å²) in [4.78, 5) is 42.0. The first kappa shape index (κ1) is 22.8. The van der Waals surface area contributed by atoms with E-state index in [4.69, 9.17) is 21.1 Å². The number of nitrogens with zero attached hydrogens (tertiary/aromatic N) is 3. The monoisotopic (exact) mass is 445 g/mol. The second kappa shape index (κ2) is 10.4. The second-order valence-corrected chi connectivity index (χ2v) is 6.95. The highest BCUT2D eigenvalue weighted by Crippen LogP contribution is 2.24. The molecule has 2 aromatic carbocycles. The van der Waals surface area contributed by atoms with E-state index in [1.165, 1.54) is 24.3 Å². The summed E-state index contributed by atoms with van der Waals surface area (Å²) in [5, 5.41) is 10.7. The van der Waals surface area contributed by atoms with Crippen molar-refractivity contribution >= 4 is 29.1 Å². The predicted octanol–water partition coefficient (Wildman–Crippen LogP) is 1.43. The molecule has 1 fully saturated rings. The molecule has 0 spiro atoms. The first-order chi connectivity index (χ1) is 15.4. The Hall–Kier alpha value is -3.90. The fourth-order valence-electron chi connectivity index (χ4n) is 3.19. The van der Waals surface area contributed by atoms with Crippen LogP contribution in [0, 0.1) is 10.1 Å². The smallest absolute Gasteiger partial charge is 0.429 e. The van der Waals surface area contributed by atoms with E-state index in [-0.39, 0.29) is 30.6 Å². The Morgan fingerprint density at radius 2 is 1.75 bits per heavy atom. The van der Waals surface area contributed by atoms with Crippen LogP contribution in [0.1, 0.15) is 5.56 Å². The molecule has 0 radical (unpaired) electrons. The largest absolute Gasteiger partial charge is 0.514 e. The van der Waals surface area contributed by atoms with E-state index in [0.717, 1.165) is 5.69 Å². The van der Waals surface area contributed by atoms with Gasteiger partial charge >= 0.3 is 6.16 Å². The van der Waals surface area contributed by atoms with Crippen LogP contribution in [0.2, 0.25) is 0 Å². The fourth-order valence-corrected chi connectivity index (χ4v) is 3.19. The van der Waals surface area contributed by atoms with Gasteiger partial charge < -0.3 is 25.0 Å². The van der Waals surface area contributed by atoms with Crippen molar-refractivity contribution in [3.8, 4) is 5.75 Å². The van der Waals surface area contributed by atoms with Gasteiger partial charge in [-0.05, 0) is 24.3 Å². The number of carbonyl (C=O) groups excluding carboxylic acids is 2. The van der Waals surface area contributed by atoms with Crippen LogP contribution in [0.15, 0.2) is 42.5 Å². The second-order valence-electron chi connectivity index (χ2n) is 6.95. The molecule has 0 unspecified atom stereocenters. The maximum atomic E-state index is 11.9. The zero-order valence-electron chi connectivity index (χ0n) is 17.1. The highest BCUT2D eigenvalue weighted by molar-refractivity contribution is 5.77. The molecular formula is C20H23N5O7. The summed E-state index contributed by atoms with van der Waals surface area (Å²) in [6, 6.07) is 10.4. The summed E-state index contributed by atoms with van der Waals surface area (Å²) >= 11 is 0. The SMILES string of the molecule is NOCC(=O)N1CCN(c2ccc(COC(=O)Oc3ccc([N+](=O)[O-])cc3)c(N)c2)CC1. The minimum absolute atomic E-state index is 0.0979. The lowest BCUT2D eigenvalue weighted by molar-refractivity contribution is -0.384. The first-order valence-corrected chi connectivity index (χ1v) is 9.69. The number of carbonyl (C=O) groups is 2. The van der Waals surface area contributed by atoms with Crippen molar-refractivity contribution in [2.45, 2.75) is 6.61 Å². The molecule has 3 rings (SSSR count). The quantitative estimate of drug-likeness (QED) is 0.209. The Balaban J connectivity index is 1.50. The maximum absolute atomic E-state index is 11.9. The molecule has 1 amide bonds. The van der Waals surface area contributed by atoms with Gasteiger partial charge in [-0.1, -0.05) is 6.07 Å². The Labute approximate surface area is 183 Å². The third-order valence-electron chi connectivity index (χ3n) is 4.93. The normalized spacial score (nSPS) is 13.5. The number of hydrogen-bond donors (Lipinski definition) is 2. The number of piperazine rings is 1. The summed E-state index contributed by atoms with van der Waals surface area (Å²) in [5.74, 6) is 4.92. The number of nitrogens with two attached hydrogens (primary N) is 2. The van der Waals surface area contributed by atoms with Crippen LogP contribution >= 0.6 is 0 Å². The highest BCUT2D eigenvalue weighted by atomic mass is 16.7. The molecule has 1 heterocycles. The lowest BCUT2D eigenvalue weighted by Crippen LogP contribution is -2.50. The van der Waals surface area contributed by atoms with Gasteiger partial charge in [0.15, 0.2) is 0 Å². The molecule has 0 aliphatic carbocycles. The first-order valence-electron chi connectivity index (χ1n) is 9.69. The summed E-state index contributed by atoms with van der Waals surface area (Å²) in [5.41, 5.74) is 7.93. The van der Waals surface area contributed by atoms with E-state index in [1.54, 1.807) is 17.0 Å². The Morgan fingerprint density at radius 1 is 1.06 bits per heavy atom. The third kappa shape index (κ3) is 5.83. The number of rotatable bonds is 7. The summed E-state index contributed by atoms with van der Waals surface area (Å²) in [7, 11) is 0. The molecule has 0 atom stereocenters. The molecule has 1 aliphatic rings. The summed E-state index contributed by atoms with van der Waals surface area (Å²) in [6.45, 7) is 2.11. The molecule has 1 aliphatic heterocycles. The molecule has 170 valence electrons. The van der Waals surface area contributed by atoms with Crippen molar-refractivity contribution in [1.82, 2.24) is 4.90 Å². The molecule has 1 saturated heterocycles. The van der Waals surface area contributed by atoms with Gasteiger partial charge in [-0.15, -0.1) is 0 Å². The zero-order chi connectivity index (χ0) is 23.1. The number of nitro benzene ring substituents is 1. The molecule has 12 nitrogen and oxygen atoms in total. The van der Waals surface area contributed by atoms with Gasteiger partial charge in [0.25, 0.3) is 11.6 Å². The minimum atomic E-state index is -0.954. The third-order valence-corrected chi connectivity index (χ3v) is 4.93. The van der Waals surface area contributed by atoms with E-state index >= 15 is 0 Å². The van der Waals surface area contributed by atoms with Crippen LogP contribution in [0.5, 0.6) is 5.75 Å². The minimum Gasteiger partial charge on any atom is -0.429 e. The zero-order valence-corrected chi connectivity index (χ0v) is 17.1. The number of nitrogen functional groups attached to an aromatic ring is 1. The van der Waals surface area contributed by atoms with Gasteiger partial charge in [0.2, 0.25) is 0 Å². The number of anilines is 2. The number of benzene rings is 2. The van der Waals surface area contributed by atoms with Crippen LogP contribution in [0.25, 0.3) is 0 Å². The van der Waals surface area contributed by atoms with Crippen molar-refractivity contribution in [2.24, 2.45) is 5.90 Å². The summed E-state index contributed by atoms with van der Waals surface area (Å²) < 4.78 is 10.1. The standard InChI is InChI=1S/C20H23N5O7/c21-18-11-16(23-7-9-24(10-8-23)19(26)13-31-22)2-1-14(18)12-30-20(27)32-17-5-3-15(4-6-17)25(28)29/h1-6,11H,7-10,12-13,21-22H2. The number of amides is 1. The van der Waals surface area contributed by atoms with Gasteiger partial charge in [-0.3, -0.25) is 19.7 Å². The van der Waals surface area contributed by atoms with Crippen LogP contribution < -0.4 is 21.3 Å². The van der Waals surface area contributed by atoms with Gasteiger partial charge in [-0.25, -0.2) is 10.7 Å². The van der Waals surface area contributed by atoms with Crippen LogP contribution in [0.4, 0.5) is 21.9 Å². The number of ether oxygens (including phenoxy) is 2. The van der Waals surface area contributed by atoms with Gasteiger partial charge in [0.1, 0.15) is 19.0 Å². The molecule has 2 aromatic rings. The van der Waals surface area contributed by atoms with Gasteiger partial charge in [0, 0.05) is 55.2 Å². The molecule has 32 heavy (non-hydrogen) atoms. The highest BCUT2D eigenvalue weighted by Gasteiger charge is 2.21. The number of hydrogen-bond acceptors (Lipinski definition) is 10. The Bertz CT molecular complexity index is 975. The van der Waals surface area contributed by atoms with E-state index in [9.17, 15) is 19.7 Å². The lowest BCUT2D eigenvalue weighted by atomic mass is 10.1. The molecule has 4 N–H and O–H groups in total. The van der Waals surface area contributed by atoms with Gasteiger partial charge in [-0.2, -0.15) is 0 Å². The molecule has 0 saturated carbocycles. The molecule has 0 bridgehead atoms. The number of non-ortho nitro benzene ring substituents is 1. The average molecular weight is 445 g/mol. The summed E-state index contributed by atoms with van der Waals surface area (Å²) in [6.07, 6.45) is -0.954. The van der Waals surface area contributed by atoms with E-state index in [2.05, 4.69) is 9.74 Å². The molecular weight excluding hydrogens is 422 g/mol. The van der Waals surface area contributed by atoms with E-state index in [1.807, 2.05) is 6.07 Å².